The van der Waals surface area contributed by atoms with Crippen LogP contribution in [-0.2, 0) is 11.3 Å². The largest absolute Gasteiger partial charge is 0.380 e. The van der Waals surface area contributed by atoms with E-state index in [-0.39, 0.29) is 0 Å². The molecule has 90 valence electrons. The van der Waals surface area contributed by atoms with Gasteiger partial charge < -0.3 is 10.1 Å². The molecule has 1 aliphatic heterocycles. The molecule has 0 bridgehead atoms. The maximum atomic E-state index is 5.78. The first kappa shape index (κ1) is 11.9. The number of nitrogens with zero attached hydrogens (tertiary/aromatic N) is 2. The smallest absolute Gasteiger partial charge is 0.0785 e. The molecule has 0 saturated carbocycles. The second-order valence-electron chi connectivity index (χ2n) is 4.14. The summed E-state index contributed by atoms with van der Waals surface area (Å²) in [6.45, 7) is 3.69. The minimum Gasteiger partial charge on any atom is -0.380 e. The van der Waals surface area contributed by atoms with E-state index in [4.69, 9.17) is 16.3 Å². The molecule has 1 fully saturated rings. The van der Waals surface area contributed by atoms with Gasteiger partial charge in [0.15, 0.2) is 0 Å². The monoisotopic (exact) mass is 243 g/mol. The van der Waals surface area contributed by atoms with Crippen molar-refractivity contribution in [1.82, 2.24) is 15.1 Å². The SMILES string of the molecule is Clc1cnn(CCCN[C@@H]2CCCOC2)c1. The topological polar surface area (TPSA) is 39.1 Å². The molecule has 1 atom stereocenters. The van der Waals surface area contributed by atoms with E-state index in [1.54, 1.807) is 6.20 Å². The van der Waals surface area contributed by atoms with Crippen LogP contribution in [0.2, 0.25) is 5.02 Å². The van der Waals surface area contributed by atoms with Gasteiger partial charge in [0.1, 0.15) is 0 Å². The Morgan fingerprint density at radius 3 is 3.25 bits per heavy atom. The lowest BCUT2D eigenvalue weighted by Gasteiger charge is -2.23. The molecule has 1 aromatic rings. The molecule has 16 heavy (non-hydrogen) atoms. The highest BCUT2D eigenvalue weighted by atomic mass is 35.5. The number of aryl methyl sites for hydroxylation is 1. The second kappa shape index (κ2) is 6.23. The molecule has 0 aromatic carbocycles. The first-order chi connectivity index (χ1) is 7.84. The Kier molecular flexibility index (Phi) is 4.63. The number of ether oxygens (including phenoxy) is 1. The Labute approximate surface area is 101 Å². The predicted molar refractivity (Wildman–Crippen MR) is 63.7 cm³/mol. The minimum absolute atomic E-state index is 0.537. The molecule has 1 N–H and O–H groups in total. The fraction of sp³-hybridized carbons (Fsp3) is 0.727. The Morgan fingerprint density at radius 2 is 2.56 bits per heavy atom. The van der Waals surface area contributed by atoms with Gasteiger partial charge in [-0.3, -0.25) is 4.68 Å². The van der Waals surface area contributed by atoms with Gasteiger partial charge in [0.2, 0.25) is 0 Å². The van der Waals surface area contributed by atoms with Crippen molar-refractivity contribution in [2.45, 2.75) is 31.8 Å². The van der Waals surface area contributed by atoms with E-state index >= 15 is 0 Å². The fourth-order valence-corrected chi connectivity index (χ4v) is 2.07. The lowest BCUT2D eigenvalue weighted by molar-refractivity contribution is 0.0704. The molecule has 1 saturated heterocycles. The Hall–Kier alpha value is -0.580. The van der Waals surface area contributed by atoms with Crippen LogP contribution >= 0.6 is 11.6 Å². The van der Waals surface area contributed by atoms with Crippen molar-refractivity contribution < 1.29 is 4.74 Å². The Bertz CT molecular complexity index is 310. The number of aromatic nitrogens is 2. The van der Waals surface area contributed by atoms with Crippen LogP contribution in [0.3, 0.4) is 0 Å². The van der Waals surface area contributed by atoms with Crippen LogP contribution < -0.4 is 5.32 Å². The van der Waals surface area contributed by atoms with Crippen molar-refractivity contribution >= 4 is 11.6 Å². The van der Waals surface area contributed by atoms with Crippen LogP contribution in [0.25, 0.3) is 0 Å². The molecule has 0 unspecified atom stereocenters. The first-order valence-electron chi connectivity index (χ1n) is 5.84. The van der Waals surface area contributed by atoms with Gasteiger partial charge in [0.25, 0.3) is 0 Å². The normalized spacial score (nSPS) is 21.2. The molecule has 1 aliphatic rings. The second-order valence-corrected chi connectivity index (χ2v) is 4.58. The van der Waals surface area contributed by atoms with Gasteiger partial charge in [0.05, 0.1) is 17.8 Å². The Balaban J connectivity index is 1.57. The summed E-state index contributed by atoms with van der Waals surface area (Å²) < 4.78 is 7.28. The van der Waals surface area contributed by atoms with Gasteiger partial charge in [-0.25, -0.2) is 0 Å². The minimum atomic E-state index is 0.537. The molecule has 0 amide bonds. The van der Waals surface area contributed by atoms with E-state index in [2.05, 4.69) is 10.4 Å². The highest BCUT2D eigenvalue weighted by Crippen LogP contribution is 2.06. The van der Waals surface area contributed by atoms with Gasteiger partial charge in [0, 0.05) is 25.4 Å². The summed E-state index contributed by atoms with van der Waals surface area (Å²) in [5, 5.41) is 8.33. The van der Waals surface area contributed by atoms with Crippen molar-refractivity contribution in [2.24, 2.45) is 0 Å². The molecule has 0 aliphatic carbocycles. The zero-order valence-corrected chi connectivity index (χ0v) is 10.1. The number of hydrogen-bond donors (Lipinski definition) is 1. The van der Waals surface area contributed by atoms with Gasteiger partial charge >= 0.3 is 0 Å². The van der Waals surface area contributed by atoms with Gasteiger partial charge in [-0.05, 0) is 25.8 Å². The quantitative estimate of drug-likeness (QED) is 0.800. The fourth-order valence-electron chi connectivity index (χ4n) is 1.91. The molecule has 2 heterocycles. The third-order valence-electron chi connectivity index (χ3n) is 2.76. The highest BCUT2D eigenvalue weighted by Gasteiger charge is 2.12. The van der Waals surface area contributed by atoms with Crippen LogP contribution in [0.1, 0.15) is 19.3 Å². The lowest BCUT2D eigenvalue weighted by Crippen LogP contribution is -2.37. The van der Waals surface area contributed by atoms with Crippen molar-refractivity contribution in [1.29, 1.82) is 0 Å². The average molecular weight is 244 g/mol. The van der Waals surface area contributed by atoms with Crippen LogP contribution in [0.15, 0.2) is 12.4 Å². The summed E-state index contributed by atoms with van der Waals surface area (Å²) >= 11 is 5.78. The number of hydrogen-bond acceptors (Lipinski definition) is 3. The maximum absolute atomic E-state index is 5.78. The van der Waals surface area contributed by atoms with E-state index in [9.17, 15) is 0 Å². The predicted octanol–water partition coefficient (Wildman–Crippen LogP) is 1.70. The third-order valence-corrected chi connectivity index (χ3v) is 2.95. The third kappa shape index (κ3) is 3.77. The molecule has 1 aromatic heterocycles. The van der Waals surface area contributed by atoms with Gasteiger partial charge in [-0.2, -0.15) is 5.10 Å². The summed E-state index contributed by atoms with van der Waals surface area (Å²) in [5.74, 6) is 0. The average Bonchev–Trinajstić information content (AvgIpc) is 2.72. The van der Waals surface area contributed by atoms with Crippen molar-refractivity contribution in [3.8, 4) is 0 Å². The van der Waals surface area contributed by atoms with Crippen molar-refractivity contribution in [2.75, 3.05) is 19.8 Å². The number of nitrogens with one attached hydrogen (secondary N) is 1. The highest BCUT2D eigenvalue weighted by molar-refractivity contribution is 6.30. The summed E-state index contributed by atoms with van der Waals surface area (Å²) in [7, 11) is 0. The zero-order chi connectivity index (χ0) is 11.2. The van der Waals surface area contributed by atoms with Crippen LogP contribution in [-0.4, -0.2) is 35.6 Å². The van der Waals surface area contributed by atoms with E-state index in [0.717, 1.165) is 32.7 Å². The van der Waals surface area contributed by atoms with E-state index in [1.807, 2.05) is 10.9 Å². The van der Waals surface area contributed by atoms with Crippen LogP contribution in [0.4, 0.5) is 0 Å². The van der Waals surface area contributed by atoms with Crippen molar-refractivity contribution in [3.63, 3.8) is 0 Å². The molecular weight excluding hydrogens is 226 g/mol. The number of rotatable bonds is 5. The first-order valence-corrected chi connectivity index (χ1v) is 6.21. The molecule has 0 radical (unpaired) electrons. The standard InChI is InChI=1S/C11H18ClN3O/c12-10-7-14-15(8-10)5-2-4-13-11-3-1-6-16-9-11/h7-8,11,13H,1-6,9H2/t11-/m1/s1. The number of halogens is 1. The molecule has 5 heteroatoms. The summed E-state index contributed by atoms with van der Waals surface area (Å²) in [4.78, 5) is 0. The van der Waals surface area contributed by atoms with Crippen LogP contribution in [0.5, 0.6) is 0 Å². The zero-order valence-electron chi connectivity index (χ0n) is 9.36. The summed E-state index contributed by atoms with van der Waals surface area (Å²) in [5.41, 5.74) is 0. The van der Waals surface area contributed by atoms with E-state index < -0.39 is 0 Å². The van der Waals surface area contributed by atoms with Crippen LogP contribution in [0, 0.1) is 0 Å². The molecule has 2 rings (SSSR count). The summed E-state index contributed by atoms with van der Waals surface area (Å²) in [6, 6.07) is 0.537. The lowest BCUT2D eigenvalue weighted by atomic mass is 10.1. The Morgan fingerprint density at radius 1 is 1.62 bits per heavy atom. The maximum Gasteiger partial charge on any atom is 0.0785 e. The van der Waals surface area contributed by atoms with Gasteiger partial charge in [-0.1, -0.05) is 11.6 Å². The molecule has 4 nitrogen and oxygen atoms in total. The molecule has 0 spiro atoms. The molecular formula is C11H18ClN3O. The van der Waals surface area contributed by atoms with Crippen molar-refractivity contribution in [3.05, 3.63) is 17.4 Å². The summed E-state index contributed by atoms with van der Waals surface area (Å²) in [6.07, 6.45) is 6.99. The van der Waals surface area contributed by atoms with Gasteiger partial charge in [-0.15, -0.1) is 0 Å². The van der Waals surface area contributed by atoms with E-state index in [0.29, 0.717) is 11.1 Å². The van der Waals surface area contributed by atoms with E-state index in [1.165, 1.54) is 12.8 Å².